The minimum absolute atomic E-state index is 0.192. The van der Waals surface area contributed by atoms with Crippen molar-refractivity contribution in [2.24, 2.45) is 11.5 Å². The number of nitrogens with two attached hydrogens (primary N) is 2. The van der Waals surface area contributed by atoms with E-state index in [0.717, 1.165) is 49.9 Å². The molecular weight excluding hydrogens is 607 g/mol. The molecule has 2 heterocycles. The highest BCUT2D eigenvalue weighted by Crippen LogP contribution is 2.26. The molecule has 43 heavy (non-hydrogen) atoms. The number of fused-ring (bicyclic) bond motifs is 2. The molecule has 2 aromatic carbocycles. The van der Waals surface area contributed by atoms with E-state index in [-0.39, 0.29) is 34.2 Å². The molecular formula is C32H31Cl3N6O2. The fraction of sp³-hybridized carbons (Fsp3) is 0.250. The molecule has 0 radical (unpaired) electrons. The molecule has 6 N–H and O–H groups in total. The van der Waals surface area contributed by atoms with Crippen molar-refractivity contribution in [3.05, 3.63) is 116 Å². The van der Waals surface area contributed by atoms with Crippen LogP contribution in [-0.4, -0.2) is 33.9 Å². The van der Waals surface area contributed by atoms with Gasteiger partial charge in [-0.2, -0.15) is 0 Å². The van der Waals surface area contributed by atoms with Gasteiger partial charge < -0.3 is 22.1 Å². The van der Waals surface area contributed by atoms with E-state index in [2.05, 4.69) is 20.6 Å². The van der Waals surface area contributed by atoms with Crippen LogP contribution in [0.3, 0.4) is 0 Å². The predicted octanol–water partition coefficient (Wildman–Crippen LogP) is 6.26. The third-order valence-electron chi connectivity index (χ3n) is 7.45. The van der Waals surface area contributed by atoms with Gasteiger partial charge in [0, 0.05) is 41.4 Å². The second-order valence-electron chi connectivity index (χ2n) is 10.8. The number of halogens is 3. The fourth-order valence-corrected chi connectivity index (χ4v) is 5.89. The topological polar surface area (TPSA) is 136 Å². The van der Waals surface area contributed by atoms with Crippen LogP contribution in [0, 0.1) is 0 Å². The molecule has 0 fully saturated rings. The summed E-state index contributed by atoms with van der Waals surface area (Å²) in [7, 11) is 0. The lowest BCUT2D eigenvalue weighted by Crippen LogP contribution is -2.27. The van der Waals surface area contributed by atoms with Crippen molar-refractivity contribution in [2.45, 2.75) is 50.6 Å². The van der Waals surface area contributed by atoms with Crippen molar-refractivity contribution in [3.8, 4) is 0 Å². The molecule has 2 aliphatic rings. The summed E-state index contributed by atoms with van der Waals surface area (Å²) in [6, 6.07) is 16.9. The summed E-state index contributed by atoms with van der Waals surface area (Å²) < 4.78 is 0. The molecule has 0 bridgehead atoms. The molecule has 222 valence electrons. The van der Waals surface area contributed by atoms with Gasteiger partial charge in [-0.1, -0.05) is 46.9 Å². The van der Waals surface area contributed by atoms with E-state index < -0.39 is 0 Å². The largest absolute Gasteiger partial charge is 0.327 e. The average molecular weight is 638 g/mol. The Morgan fingerprint density at radius 1 is 0.674 bits per heavy atom. The first-order valence-corrected chi connectivity index (χ1v) is 15.1. The summed E-state index contributed by atoms with van der Waals surface area (Å²) in [6.07, 6.45) is 8.65. The Bertz CT molecular complexity index is 1640. The van der Waals surface area contributed by atoms with Crippen molar-refractivity contribution in [2.75, 3.05) is 10.6 Å². The van der Waals surface area contributed by atoms with Crippen molar-refractivity contribution >= 4 is 58.0 Å². The van der Waals surface area contributed by atoms with Gasteiger partial charge in [0.2, 0.25) is 0 Å². The molecule has 11 heteroatoms. The SMILES string of the molecule is N[C@H]1CCc2cc(NC(=O)c3cc(Cl)nc(Cl)c3)ccc2C1.N[C@H]1CCc2cc(NC(=O)c3cncc(Cl)c3)ccc2C1. The van der Waals surface area contributed by atoms with Gasteiger partial charge in [-0.3, -0.25) is 14.6 Å². The van der Waals surface area contributed by atoms with Crippen molar-refractivity contribution in [3.63, 3.8) is 0 Å². The van der Waals surface area contributed by atoms with E-state index in [4.69, 9.17) is 46.3 Å². The van der Waals surface area contributed by atoms with Crippen LogP contribution in [0.5, 0.6) is 0 Å². The number of nitrogens with zero attached hydrogens (tertiary/aromatic N) is 2. The van der Waals surface area contributed by atoms with E-state index >= 15 is 0 Å². The molecule has 6 rings (SSSR count). The molecule has 0 aliphatic heterocycles. The molecule has 2 aromatic heterocycles. The number of carbonyl (C=O) groups is 2. The molecule has 2 amide bonds. The molecule has 0 saturated heterocycles. The number of carbonyl (C=O) groups excluding carboxylic acids is 2. The van der Waals surface area contributed by atoms with Crippen LogP contribution >= 0.6 is 34.8 Å². The zero-order valence-electron chi connectivity index (χ0n) is 23.2. The third kappa shape index (κ3) is 8.31. The summed E-state index contributed by atoms with van der Waals surface area (Å²) >= 11 is 17.5. The quantitative estimate of drug-likeness (QED) is 0.195. The Balaban J connectivity index is 0.000000171. The summed E-state index contributed by atoms with van der Waals surface area (Å²) in [6.45, 7) is 0. The van der Waals surface area contributed by atoms with Gasteiger partial charge in [-0.15, -0.1) is 0 Å². The van der Waals surface area contributed by atoms with Crippen LogP contribution in [0.4, 0.5) is 11.4 Å². The first kappa shape index (κ1) is 30.9. The maximum atomic E-state index is 12.3. The van der Waals surface area contributed by atoms with Crippen LogP contribution in [0.2, 0.25) is 15.3 Å². The second-order valence-corrected chi connectivity index (χ2v) is 12.0. The van der Waals surface area contributed by atoms with Gasteiger partial charge in [-0.25, -0.2) is 4.98 Å². The lowest BCUT2D eigenvalue weighted by Gasteiger charge is -2.22. The Morgan fingerprint density at radius 2 is 1.19 bits per heavy atom. The number of aryl methyl sites for hydroxylation is 2. The normalized spacial score (nSPS) is 17.0. The Hall–Kier alpha value is -3.53. The average Bonchev–Trinajstić information content (AvgIpc) is 2.97. The van der Waals surface area contributed by atoms with Crippen molar-refractivity contribution < 1.29 is 9.59 Å². The molecule has 2 aliphatic carbocycles. The Labute approximate surface area is 265 Å². The number of rotatable bonds is 4. The highest BCUT2D eigenvalue weighted by molar-refractivity contribution is 6.33. The number of nitrogens with one attached hydrogen (secondary N) is 2. The minimum Gasteiger partial charge on any atom is -0.327 e. The monoisotopic (exact) mass is 636 g/mol. The first-order chi connectivity index (χ1) is 20.6. The molecule has 0 saturated carbocycles. The van der Waals surface area contributed by atoms with E-state index in [9.17, 15) is 9.59 Å². The number of anilines is 2. The number of hydrogen-bond donors (Lipinski definition) is 4. The molecule has 0 unspecified atom stereocenters. The lowest BCUT2D eigenvalue weighted by molar-refractivity contribution is 0.101. The number of pyridine rings is 2. The number of aromatic nitrogens is 2. The zero-order chi connectivity index (χ0) is 30.5. The fourth-order valence-electron chi connectivity index (χ4n) is 5.26. The van der Waals surface area contributed by atoms with Crippen LogP contribution in [0.1, 0.15) is 55.8 Å². The van der Waals surface area contributed by atoms with Gasteiger partial charge in [0.15, 0.2) is 0 Å². The van der Waals surface area contributed by atoms with Crippen LogP contribution in [0.25, 0.3) is 0 Å². The first-order valence-electron chi connectivity index (χ1n) is 13.9. The Kier molecular flexibility index (Phi) is 9.95. The molecule has 8 nitrogen and oxygen atoms in total. The zero-order valence-corrected chi connectivity index (χ0v) is 25.5. The van der Waals surface area contributed by atoms with Gasteiger partial charge in [0.25, 0.3) is 11.8 Å². The number of hydrogen-bond acceptors (Lipinski definition) is 6. The highest BCUT2D eigenvalue weighted by Gasteiger charge is 2.18. The van der Waals surface area contributed by atoms with Crippen LogP contribution in [-0.2, 0) is 25.7 Å². The molecule has 2 atom stereocenters. The lowest BCUT2D eigenvalue weighted by atomic mass is 9.88. The maximum Gasteiger partial charge on any atom is 0.257 e. The smallest absolute Gasteiger partial charge is 0.257 e. The number of amides is 2. The van der Waals surface area contributed by atoms with Crippen LogP contribution in [0.15, 0.2) is 67.0 Å². The van der Waals surface area contributed by atoms with Crippen molar-refractivity contribution in [1.82, 2.24) is 9.97 Å². The molecule has 4 aromatic rings. The van der Waals surface area contributed by atoms with E-state index in [0.29, 0.717) is 16.1 Å². The summed E-state index contributed by atoms with van der Waals surface area (Å²) in [5.41, 5.74) is 19.3. The van der Waals surface area contributed by atoms with Crippen LogP contribution < -0.4 is 22.1 Å². The van der Waals surface area contributed by atoms with Gasteiger partial charge in [-0.05, 0) is 103 Å². The summed E-state index contributed by atoms with van der Waals surface area (Å²) in [5.74, 6) is -0.476. The van der Waals surface area contributed by atoms with E-state index in [1.807, 2.05) is 36.4 Å². The van der Waals surface area contributed by atoms with E-state index in [1.54, 1.807) is 6.07 Å². The van der Waals surface area contributed by atoms with Crippen molar-refractivity contribution in [1.29, 1.82) is 0 Å². The third-order valence-corrected chi connectivity index (χ3v) is 8.05. The maximum absolute atomic E-state index is 12.3. The molecule has 0 spiro atoms. The number of benzene rings is 2. The van der Waals surface area contributed by atoms with E-state index in [1.165, 1.54) is 46.8 Å². The Morgan fingerprint density at radius 3 is 1.70 bits per heavy atom. The predicted molar refractivity (Wildman–Crippen MR) is 172 cm³/mol. The van der Waals surface area contributed by atoms with Gasteiger partial charge in [0.1, 0.15) is 10.3 Å². The minimum atomic E-state index is -0.265. The highest BCUT2D eigenvalue weighted by atomic mass is 35.5. The van der Waals surface area contributed by atoms with Gasteiger partial charge in [0.05, 0.1) is 10.6 Å². The van der Waals surface area contributed by atoms with Gasteiger partial charge >= 0.3 is 0 Å². The summed E-state index contributed by atoms with van der Waals surface area (Å²) in [5, 5.41) is 6.57. The standard InChI is InChI=1S/C16H15Cl2N3O.C16H16ClN3O/c17-14-7-11(8-15(18)21-14)16(22)20-13-4-2-9-5-12(19)3-1-10(9)6-13;17-13-5-12(8-19-9-13)16(21)20-15-4-2-10-6-14(18)3-1-11(10)7-15/h2,4,6-8,12H,1,3,5,19H2,(H,20,22);2,4-5,7-9,14H,1,3,6,18H2,(H,20,21)/t12-;14-/m00/s1. The second kappa shape index (κ2) is 13.8. The summed E-state index contributed by atoms with van der Waals surface area (Å²) in [4.78, 5) is 32.2.